The van der Waals surface area contributed by atoms with Crippen LogP contribution >= 0.6 is 0 Å². The molecule has 1 aliphatic heterocycles. The zero-order valence-electron chi connectivity index (χ0n) is 38.6. The molecule has 0 saturated heterocycles. The summed E-state index contributed by atoms with van der Waals surface area (Å²) < 4.78 is 6.95. The van der Waals surface area contributed by atoms with Crippen LogP contribution in [0.15, 0.2) is 224 Å². The molecule has 12 rings (SSSR count). The lowest BCUT2D eigenvalue weighted by atomic mass is 9.68. The highest BCUT2D eigenvalue weighted by molar-refractivity contribution is 5.95. The number of hydrogen-bond acceptors (Lipinski definition) is 5. The number of ether oxygens (including phenoxy) is 1. The minimum atomic E-state index is -0.493. The Balaban J connectivity index is 1.03. The first-order valence-electron chi connectivity index (χ1n) is 23.5. The average molecular weight is 887 g/mol. The maximum absolute atomic E-state index is 6.95. The van der Waals surface area contributed by atoms with Gasteiger partial charge < -0.3 is 4.74 Å². The van der Waals surface area contributed by atoms with Crippen molar-refractivity contribution in [2.45, 2.75) is 26.2 Å². The second-order valence-electron chi connectivity index (χ2n) is 18.0. The minimum absolute atomic E-state index is 0.493. The normalized spacial score (nSPS) is 13.9. The van der Waals surface area contributed by atoms with Gasteiger partial charge in [-0.15, -0.1) is 0 Å². The van der Waals surface area contributed by atoms with Crippen LogP contribution in [0.25, 0.3) is 89.4 Å². The van der Waals surface area contributed by atoms with Crippen molar-refractivity contribution < 1.29 is 4.74 Å². The molecule has 0 radical (unpaired) electrons. The smallest absolute Gasteiger partial charge is 0.164 e. The molecule has 0 bridgehead atoms. The Morgan fingerprint density at radius 2 is 0.884 bits per heavy atom. The van der Waals surface area contributed by atoms with Gasteiger partial charge in [0.05, 0.1) is 0 Å². The predicted molar refractivity (Wildman–Crippen MR) is 281 cm³/mol. The number of pyridine rings is 1. The van der Waals surface area contributed by atoms with Crippen LogP contribution in [0.4, 0.5) is 0 Å². The molecule has 1 unspecified atom stereocenters. The molecule has 2 aromatic heterocycles. The monoisotopic (exact) mass is 886 g/mol. The molecule has 69 heavy (non-hydrogen) atoms. The number of benzene rings is 9. The van der Waals surface area contributed by atoms with Crippen LogP contribution in [0.5, 0.6) is 11.5 Å². The van der Waals surface area contributed by atoms with Gasteiger partial charge in [-0.3, -0.25) is 4.98 Å². The molecule has 1 atom stereocenters. The van der Waals surface area contributed by atoms with Crippen LogP contribution in [-0.2, 0) is 5.41 Å². The molecular weight excluding hydrogens is 841 g/mol. The first kappa shape index (κ1) is 41.6. The Bertz CT molecular complexity index is 3680. The summed E-state index contributed by atoms with van der Waals surface area (Å²) in [5.41, 5.74) is 16.3. The Morgan fingerprint density at radius 3 is 1.52 bits per heavy atom. The highest BCUT2D eigenvalue weighted by Gasteiger charge is 2.41. The van der Waals surface area contributed by atoms with Crippen LogP contribution in [0.3, 0.4) is 0 Å². The second kappa shape index (κ2) is 17.1. The van der Waals surface area contributed by atoms with Crippen LogP contribution in [0.1, 0.15) is 35.0 Å². The number of rotatable bonds is 8. The molecule has 328 valence electrons. The van der Waals surface area contributed by atoms with Gasteiger partial charge in [0, 0.05) is 55.6 Å². The molecule has 0 aliphatic carbocycles. The average Bonchev–Trinajstić information content (AvgIpc) is 3.41. The molecule has 0 fully saturated rings. The van der Waals surface area contributed by atoms with Crippen molar-refractivity contribution in [2.75, 3.05) is 0 Å². The Hall–Kier alpha value is -8.80. The van der Waals surface area contributed by atoms with Crippen molar-refractivity contribution in [1.82, 2.24) is 19.9 Å². The minimum Gasteiger partial charge on any atom is -0.456 e. The molecule has 0 N–H and O–H groups in total. The van der Waals surface area contributed by atoms with E-state index in [0.717, 1.165) is 106 Å². The third-order valence-electron chi connectivity index (χ3n) is 13.7. The van der Waals surface area contributed by atoms with Crippen LogP contribution < -0.4 is 4.74 Å². The Kier molecular flexibility index (Phi) is 10.3. The molecule has 1 aliphatic rings. The number of fused-ring (bicyclic) bond motifs is 4. The fraction of sp³-hybridized carbons (Fsp3) is 0.0625. The van der Waals surface area contributed by atoms with Crippen LogP contribution in [-0.4, -0.2) is 19.9 Å². The van der Waals surface area contributed by atoms with Gasteiger partial charge in [-0.1, -0.05) is 188 Å². The third kappa shape index (κ3) is 7.45. The lowest BCUT2D eigenvalue weighted by Gasteiger charge is -2.39. The van der Waals surface area contributed by atoms with Crippen molar-refractivity contribution in [1.29, 1.82) is 0 Å². The van der Waals surface area contributed by atoms with Crippen LogP contribution in [0, 0.1) is 13.8 Å². The summed E-state index contributed by atoms with van der Waals surface area (Å²) in [6, 6.07) is 79.2. The fourth-order valence-electron chi connectivity index (χ4n) is 10.2. The van der Waals surface area contributed by atoms with Gasteiger partial charge in [0.1, 0.15) is 11.5 Å². The highest BCUT2D eigenvalue weighted by Crippen LogP contribution is 2.54. The zero-order chi connectivity index (χ0) is 46.5. The molecule has 5 nitrogen and oxygen atoms in total. The van der Waals surface area contributed by atoms with E-state index in [1.807, 2.05) is 67.6 Å². The van der Waals surface area contributed by atoms with Gasteiger partial charge >= 0.3 is 0 Å². The van der Waals surface area contributed by atoms with E-state index in [4.69, 9.17) is 24.7 Å². The molecule has 5 heteroatoms. The Labute approximate surface area is 402 Å². The first-order chi connectivity index (χ1) is 33.9. The summed E-state index contributed by atoms with van der Waals surface area (Å²) in [7, 11) is 0. The van der Waals surface area contributed by atoms with E-state index in [9.17, 15) is 0 Å². The van der Waals surface area contributed by atoms with E-state index in [-0.39, 0.29) is 0 Å². The lowest BCUT2D eigenvalue weighted by molar-refractivity contribution is 0.432. The van der Waals surface area contributed by atoms with Crippen molar-refractivity contribution in [2.24, 2.45) is 0 Å². The maximum Gasteiger partial charge on any atom is 0.164 e. The Morgan fingerprint density at radius 1 is 0.362 bits per heavy atom. The van der Waals surface area contributed by atoms with Crippen LogP contribution in [0.2, 0.25) is 0 Å². The van der Waals surface area contributed by atoms with E-state index in [1.54, 1.807) is 0 Å². The molecule has 11 aromatic rings. The van der Waals surface area contributed by atoms with Crippen molar-refractivity contribution in [3.8, 4) is 90.2 Å². The van der Waals surface area contributed by atoms with Crippen molar-refractivity contribution in [3.05, 3.63) is 253 Å². The van der Waals surface area contributed by atoms with Gasteiger partial charge in [-0.05, 0) is 107 Å². The number of nitrogens with zero attached hydrogens (tertiary/aromatic N) is 4. The zero-order valence-corrected chi connectivity index (χ0v) is 38.6. The summed E-state index contributed by atoms with van der Waals surface area (Å²) in [5, 5.41) is 2.27. The van der Waals surface area contributed by atoms with Gasteiger partial charge in [0.2, 0.25) is 0 Å². The maximum atomic E-state index is 6.95. The summed E-state index contributed by atoms with van der Waals surface area (Å²) in [6.45, 7) is 6.46. The van der Waals surface area contributed by atoms with Gasteiger partial charge in [-0.2, -0.15) is 0 Å². The van der Waals surface area contributed by atoms with Gasteiger partial charge in [-0.25, -0.2) is 15.0 Å². The number of hydrogen-bond donors (Lipinski definition) is 0. The lowest BCUT2D eigenvalue weighted by Crippen LogP contribution is -2.29. The fourth-order valence-corrected chi connectivity index (χ4v) is 10.2. The SMILES string of the molecule is Cc1ccc(-c2cc(-c3nc(-c4ccccc4)nc(-c4ccccc4)n3)cc(-c3ccccc3-c3ccccc3-c3ccc4c(c3)C(C)(c3ccccc3)c3ccc5ccccc5c3O4)c2)c(C)n1. The van der Waals surface area contributed by atoms with E-state index in [0.29, 0.717) is 17.5 Å². The van der Waals surface area contributed by atoms with Crippen molar-refractivity contribution in [3.63, 3.8) is 0 Å². The predicted octanol–water partition coefficient (Wildman–Crippen LogP) is 16.2. The standard InChI is InChI=1S/C64H46N4O/c1-41-31-34-51(42(2)65-41)47-37-48(39-49(38-47)63-67-61(44-20-7-4-8-21-44)66-62(68-63)45-22-9-5-10-23-45)53-27-16-18-30-56(53)55-29-17-15-26-52(55)46-33-36-59-58(40-46)64(3,50-24-11-6-12-25-50)57-35-32-43-19-13-14-28-54(43)60(57)69-59/h4-40H,1-3H3. The quantitative estimate of drug-likeness (QED) is 0.152. The van der Waals surface area contributed by atoms with Gasteiger partial charge in [0.25, 0.3) is 0 Å². The molecule has 0 saturated carbocycles. The summed E-state index contributed by atoms with van der Waals surface area (Å²) >= 11 is 0. The van der Waals surface area contributed by atoms with Gasteiger partial charge in [0.15, 0.2) is 17.5 Å². The van der Waals surface area contributed by atoms with E-state index < -0.39 is 5.41 Å². The summed E-state index contributed by atoms with van der Waals surface area (Å²) in [4.78, 5) is 20.3. The molecule has 3 heterocycles. The number of aromatic nitrogens is 4. The van der Waals surface area contributed by atoms with E-state index in [1.165, 1.54) is 5.56 Å². The summed E-state index contributed by atoms with van der Waals surface area (Å²) in [6.07, 6.45) is 0. The molecular formula is C64H46N4O. The van der Waals surface area contributed by atoms with E-state index in [2.05, 4.69) is 178 Å². The second-order valence-corrected chi connectivity index (χ2v) is 18.0. The largest absolute Gasteiger partial charge is 0.456 e. The van der Waals surface area contributed by atoms with E-state index >= 15 is 0 Å². The number of aryl methyl sites for hydroxylation is 2. The highest BCUT2D eigenvalue weighted by atomic mass is 16.5. The topological polar surface area (TPSA) is 60.8 Å². The molecule has 9 aromatic carbocycles. The molecule has 0 amide bonds. The molecule has 0 spiro atoms. The third-order valence-corrected chi connectivity index (χ3v) is 13.7. The summed E-state index contributed by atoms with van der Waals surface area (Å²) in [5.74, 6) is 3.60. The van der Waals surface area contributed by atoms with Crippen molar-refractivity contribution >= 4 is 10.8 Å². The first-order valence-corrected chi connectivity index (χ1v) is 23.5.